The molecule has 8 heteroatoms. The van der Waals surface area contributed by atoms with E-state index >= 15 is 0 Å². The number of fused-ring (bicyclic) bond motifs is 1. The summed E-state index contributed by atoms with van der Waals surface area (Å²) in [5.74, 6) is -2.20. The van der Waals surface area contributed by atoms with Crippen molar-refractivity contribution in [3.63, 3.8) is 0 Å². The van der Waals surface area contributed by atoms with E-state index in [2.05, 4.69) is 26.1 Å². The number of ether oxygens (including phenoxy) is 1. The number of hydrogen-bond donors (Lipinski definition) is 2. The number of carbonyl (C=O) groups is 2. The first-order chi connectivity index (χ1) is 11.0. The lowest BCUT2D eigenvalue weighted by Gasteiger charge is -2.15. The second kappa shape index (κ2) is 7.79. The molecule has 0 amide bonds. The minimum absolute atomic E-state index is 0.175. The smallest absolute Gasteiger partial charge is 0.307 e. The van der Waals surface area contributed by atoms with Crippen LogP contribution in [-0.2, 0) is 26.6 Å². The van der Waals surface area contributed by atoms with Crippen LogP contribution in [0.25, 0.3) is 10.9 Å². The molecule has 1 heterocycles. The van der Waals surface area contributed by atoms with E-state index in [1.807, 2.05) is 6.07 Å². The van der Waals surface area contributed by atoms with Gasteiger partial charge in [-0.3, -0.25) is 14.7 Å². The molecule has 2 N–H and O–H groups in total. The molecular formula is C15H16BrClN2O4. The lowest BCUT2D eigenvalue weighted by Crippen LogP contribution is -2.22. The van der Waals surface area contributed by atoms with E-state index in [1.165, 1.54) is 0 Å². The van der Waals surface area contributed by atoms with Crippen LogP contribution in [-0.4, -0.2) is 33.8 Å². The van der Waals surface area contributed by atoms with E-state index in [4.69, 9.17) is 16.3 Å². The number of aromatic nitrogens is 2. The van der Waals surface area contributed by atoms with Crippen LogP contribution in [0.2, 0.25) is 0 Å². The quantitative estimate of drug-likeness (QED) is 0.547. The molecule has 0 aliphatic heterocycles. The molecule has 0 radical (unpaired) electrons. The number of rotatable bonds is 7. The maximum atomic E-state index is 11.6. The Labute approximate surface area is 146 Å². The first kappa shape index (κ1) is 17.7. The Hall–Kier alpha value is -1.60. The lowest BCUT2D eigenvalue weighted by molar-refractivity contribution is -0.151. The number of nitrogens with one attached hydrogen (secondary N) is 1. The van der Waals surface area contributed by atoms with Crippen molar-refractivity contribution >= 4 is 50.4 Å². The monoisotopic (exact) mass is 402 g/mol. The summed E-state index contributed by atoms with van der Waals surface area (Å²) in [4.78, 5) is 23.1. The molecule has 23 heavy (non-hydrogen) atoms. The molecule has 0 unspecified atom stereocenters. The number of benzene rings is 1. The second-order valence-corrected chi connectivity index (χ2v) is 6.16. The molecule has 0 fully saturated rings. The third-order valence-electron chi connectivity index (χ3n) is 3.56. The summed E-state index contributed by atoms with van der Waals surface area (Å²) in [7, 11) is 0. The van der Waals surface area contributed by atoms with Gasteiger partial charge in [0, 0.05) is 15.7 Å². The summed E-state index contributed by atoms with van der Waals surface area (Å²) in [5.41, 5.74) is 2.40. The average molecular weight is 404 g/mol. The van der Waals surface area contributed by atoms with Crippen LogP contribution < -0.4 is 0 Å². The number of hydrogen-bond acceptors (Lipinski definition) is 4. The molecule has 124 valence electrons. The number of halogens is 2. The topological polar surface area (TPSA) is 92.3 Å². The molecule has 0 spiro atoms. The molecule has 2 aromatic rings. The van der Waals surface area contributed by atoms with Crippen LogP contribution in [0.4, 0.5) is 0 Å². The van der Waals surface area contributed by atoms with Gasteiger partial charge in [0.25, 0.3) is 0 Å². The van der Waals surface area contributed by atoms with Gasteiger partial charge in [0.15, 0.2) is 0 Å². The van der Waals surface area contributed by atoms with Crippen molar-refractivity contribution in [1.82, 2.24) is 10.2 Å². The first-order valence-corrected chi connectivity index (χ1v) is 8.38. The third-order valence-corrected chi connectivity index (χ3v) is 4.45. The number of nitrogens with zero attached hydrogens (tertiary/aromatic N) is 1. The van der Waals surface area contributed by atoms with Gasteiger partial charge in [-0.15, -0.1) is 11.6 Å². The van der Waals surface area contributed by atoms with Crippen LogP contribution in [0.1, 0.15) is 24.5 Å². The van der Waals surface area contributed by atoms with Crippen molar-refractivity contribution in [2.24, 2.45) is 5.92 Å². The summed E-state index contributed by atoms with van der Waals surface area (Å²) in [6.45, 7) is 1.91. The minimum atomic E-state index is -1.04. The number of alkyl halides is 1. The Morgan fingerprint density at radius 3 is 2.87 bits per heavy atom. The zero-order chi connectivity index (χ0) is 17.0. The predicted molar refractivity (Wildman–Crippen MR) is 89.4 cm³/mol. The number of esters is 1. The average Bonchev–Trinajstić information content (AvgIpc) is 2.97. The fraction of sp³-hybridized carbons (Fsp3) is 0.400. The van der Waals surface area contributed by atoms with Gasteiger partial charge < -0.3 is 9.84 Å². The Balaban J connectivity index is 2.34. The summed E-state index contributed by atoms with van der Waals surface area (Å²) in [5, 5.41) is 17.1. The highest BCUT2D eigenvalue weighted by Crippen LogP contribution is 2.31. The van der Waals surface area contributed by atoms with Gasteiger partial charge in [-0.2, -0.15) is 5.10 Å². The molecule has 0 aliphatic carbocycles. The van der Waals surface area contributed by atoms with E-state index in [-0.39, 0.29) is 25.3 Å². The number of carbonyl (C=O) groups excluding carboxylic acids is 1. The fourth-order valence-electron chi connectivity index (χ4n) is 2.46. The van der Waals surface area contributed by atoms with Crippen molar-refractivity contribution < 1.29 is 19.4 Å². The van der Waals surface area contributed by atoms with Crippen LogP contribution in [0.5, 0.6) is 0 Å². The van der Waals surface area contributed by atoms with Gasteiger partial charge in [-0.05, 0) is 46.5 Å². The van der Waals surface area contributed by atoms with Crippen LogP contribution in [0.3, 0.4) is 0 Å². The molecule has 1 aromatic carbocycles. The number of aliphatic carboxylic acids is 1. The van der Waals surface area contributed by atoms with Crippen molar-refractivity contribution in [3.05, 3.63) is 27.9 Å². The maximum absolute atomic E-state index is 11.6. The van der Waals surface area contributed by atoms with Gasteiger partial charge in [0.05, 0.1) is 30.7 Å². The summed E-state index contributed by atoms with van der Waals surface area (Å²) in [6.07, 6.45) is 1.67. The highest BCUT2D eigenvalue weighted by molar-refractivity contribution is 9.10. The molecule has 0 aliphatic rings. The van der Waals surface area contributed by atoms with Crippen LogP contribution >= 0.6 is 27.5 Å². The van der Waals surface area contributed by atoms with Crippen LogP contribution in [0.15, 0.2) is 16.7 Å². The normalized spacial score (nSPS) is 12.3. The highest BCUT2D eigenvalue weighted by Gasteiger charge is 2.24. The van der Waals surface area contributed by atoms with E-state index in [0.717, 1.165) is 26.5 Å². The van der Waals surface area contributed by atoms with Crippen LogP contribution in [0, 0.1) is 5.92 Å². The zero-order valence-electron chi connectivity index (χ0n) is 12.4. The van der Waals surface area contributed by atoms with Crippen molar-refractivity contribution in [3.8, 4) is 0 Å². The first-order valence-electron chi connectivity index (χ1n) is 7.05. The summed E-state index contributed by atoms with van der Waals surface area (Å²) >= 11 is 9.48. The van der Waals surface area contributed by atoms with E-state index < -0.39 is 17.9 Å². The number of carboxylic acid groups (broad SMARTS) is 1. The number of aromatic amines is 1. The molecule has 2 rings (SSSR count). The Kier molecular flexibility index (Phi) is 6.01. The maximum Gasteiger partial charge on any atom is 0.307 e. The van der Waals surface area contributed by atoms with Crippen molar-refractivity contribution in [2.45, 2.75) is 25.6 Å². The Bertz CT molecular complexity index is 732. The Morgan fingerprint density at radius 1 is 1.52 bits per heavy atom. The standard InChI is InChI=1S/C15H16BrClN2O4/c1-2-23-13(20)5-9(15(21)22)3-8-4-12(16)14-11(7-18-19-14)10(8)6-17/h4,7,9H,2-3,5-6H2,1H3,(H,18,19)(H,21,22)/t9-/m0/s1. The number of H-pyrrole nitrogens is 1. The van der Waals surface area contributed by atoms with Gasteiger partial charge in [0.1, 0.15) is 0 Å². The molecule has 0 saturated carbocycles. The predicted octanol–water partition coefficient (Wildman–Crippen LogP) is 3.26. The SMILES string of the molecule is CCOC(=O)C[C@H](Cc1cc(Br)c2[nH]ncc2c1CCl)C(=O)O. The number of carboxylic acids is 1. The lowest BCUT2D eigenvalue weighted by atomic mass is 9.92. The van der Waals surface area contributed by atoms with Gasteiger partial charge in [-0.25, -0.2) is 0 Å². The molecule has 0 bridgehead atoms. The minimum Gasteiger partial charge on any atom is -0.481 e. The van der Waals surface area contributed by atoms with E-state index in [9.17, 15) is 14.7 Å². The second-order valence-electron chi connectivity index (χ2n) is 5.04. The highest BCUT2D eigenvalue weighted by atomic mass is 79.9. The molecule has 1 atom stereocenters. The van der Waals surface area contributed by atoms with E-state index in [1.54, 1.807) is 13.1 Å². The summed E-state index contributed by atoms with van der Waals surface area (Å²) < 4.78 is 5.62. The fourth-order valence-corrected chi connectivity index (χ4v) is 3.35. The molecular weight excluding hydrogens is 388 g/mol. The van der Waals surface area contributed by atoms with E-state index in [0.29, 0.717) is 0 Å². The Morgan fingerprint density at radius 2 is 2.26 bits per heavy atom. The molecule has 0 saturated heterocycles. The van der Waals surface area contributed by atoms with Crippen molar-refractivity contribution in [2.75, 3.05) is 6.61 Å². The largest absolute Gasteiger partial charge is 0.481 e. The summed E-state index contributed by atoms with van der Waals surface area (Å²) in [6, 6.07) is 1.82. The molecule has 6 nitrogen and oxygen atoms in total. The molecule has 1 aromatic heterocycles. The van der Waals surface area contributed by atoms with Gasteiger partial charge in [0.2, 0.25) is 0 Å². The van der Waals surface area contributed by atoms with Crippen molar-refractivity contribution in [1.29, 1.82) is 0 Å². The zero-order valence-corrected chi connectivity index (χ0v) is 14.8. The van der Waals surface area contributed by atoms with Gasteiger partial charge >= 0.3 is 11.9 Å². The third kappa shape index (κ3) is 4.03. The van der Waals surface area contributed by atoms with Gasteiger partial charge in [-0.1, -0.05) is 0 Å².